The average Bonchev–Trinajstić information content (AvgIpc) is 2.97. The third-order valence-electron chi connectivity index (χ3n) is 3.45. The van der Waals surface area contributed by atoms with Gasteiger partial charge in [-0.15, -0.1) is 0 Å². The number of aromatic nitrogens is 4. The third-order valence-corrected chi connectivity index (χ3v) is 3.45. The van der Waals surface area contributed by atoms with Gasteiger partial charge < -0.3 is 10.3 Å². The van der Waals surface area contributed by atoms with Gasteiger partial charge in [0.05, 0.1) is 23.6 Å². The number of nitrogens with two attached hydrogens (primary N) is 1. The summed E-state index contributed by atoms with van der Waals surface area (Å²) >= 11 is 0. The number of nitrogens with zero attached hydrogens (tertiary/aromatic N) is 4. The summed E-state index contributed by atoms with van der Waals surface area (Å²) in [6.07, 6.45) is 3.64. The Kier molecular flexibility index (Phi) is 2.93. The summed E-state index contributed by atoms with van der Waals surface area (Å²) in [4.78, 5) is 4.24. The summed E-state index contributed by atoms with van der Waals surface area (Å²) < 4.78 is 17.4. The molecule has 0 radical (unpaired) electrons. The largest absolute Gasteiger partial charge is 0.369 e. The first kappa shape index (κ1) is 12.7. The van der Waals surface area contributed by atoms with Gasteiger partial charge in [-0.05, 0) is 31.5 Å². The lowest BCUT2D eigenvalue weighted by atomic mass is 10.2. The molecule has 0 aliphatic carbocycles. The normalized spacial score (nSPS) is 12.9. The monoisotopic (exact) mass is 273 g/mol. The van der Waals surface area contributed by atoms with Crippen LogP contribution in [0.1, 0.15) is 18.5 Å². The summed E-state index contributed by atoms with van der Waals surface area (Å²) in [6, 6.07) is 5.16. The molecule has 0 bridgehead atoms. The lowest BCUT2D eigenvalue weighted by molar-refractivity contribution is 0.449. The fourth-order valence-corrected chi connectivity index (χ4v) is 2.46. The Labute approximate surface area is 115 Å². The fourth-order valence-electron chi connectivity index (χ4n) is 2.46. The predicted molar refractivity (Wildman–Crippen MR) is 75.8 cm³/mol. The molecule has 2 heterocycles. The second-order valence-electron chi connectivity index (χ2n) is 5.01. The minimum atomic E-state index is -0.262. The number of rotatable bonds is 3. The number of anilines is 1. The van der Waals surface area contributed by atoms with Crippen LogP contribution in [0.2, 0.25) is 0 Å². The van der Waals surface area contributed by atoms with E-state index in [1.54, 1.807) is 19.2 Å². The molecule has 3 aromatic rings. The van der Waals surface area contributed by atoms with Crippen LogP contribution in [0.5, 0.6) is 0 Å². The highest BCUT2D eigenvalue weighted by molar-refractivity contribution is 5.79. The maximum atomic E-state index is 13.6. The van der Waals surface area contributed by atoms with Crippen molar-refractivity contribution in [3.05, 3.63) is 42.0 Å². The van der Waals surface area contributed by atoms with E-state index in [4.69, 9.17) is 5.73 Å². The summed E-state index contributed by atoms with van der Waals surface area (Å²) in [5, 5.41) is 4.19. The molecule has 0 aliphatic rings. The molecule has 0 amide bonds. The summed E-state index contributed by atoms with van der Waals surface area (Å²) in [5.41, 5.74) is 8.00. The highest BCUT2D eigenvalue weighted by Gasteiger charge is 2.16. The maximum absolute atomic E-state index is 13.6. The van der Waals surface area contributed by atoms with E-state index >= 15 is 0 Å². The molecule has 0 aliphatic heterocycles. The maximum Gasteiger partial charge on any atom is 0.201 e. The highest BCUT2D eigenvalue weighted by atomic mass is 19.1. The van der Waals surface area contributed by atoms with E-state index in [0.29, 0.717) is 23.6 Å². The predicted octanol–water partition coefficient (Wildman–Crippen LogP) is 2.52. The number of nitrogen functional groups attached to an aromatic ring is 1. The van der Waals surface area contributed by atoms with Crippen LogP contribution in [0.25, 0.3) is 11.0 Å². The van der Waals surface area contributed by atoms with Gasteiger partial charge in [-0.3, -0.25) is 4.68 Å². The SMILES string of the molecule is Cc1cc2c(cc1F)nc(N)n2C(C)Cn1cccn1. The lowest BCUT2D eigenvalue weighted by Crippen LogP contribution is -2.15. The zero-order chi connectivity index (χ0) is 14.3. The summed E-state index contributed by atoms with van der Waals surface area (Å²) in [5.74, 6) is 0.131. The molecule has 0 fully saturated rings. The average molecular weight is 273 g/mol. The van der Waals surface area contributed by atoms with Crippen molar-refractivity contribution in [2.75, 3.05) is 5.73 Å². The van der Waals surface area contributed by atoms with E-state index in [2.05, 4.69) is 10.1 Å². The van der Waals surface area contributed by atoms with Gasteiger partial charge in [0.1, 0.15) is 5.82 Å². The zero-order valence-corrected chi connectivity index (χ0v) is 11.4. The molecule has 5 nitrogen and oxygen atoms in total. The van der Waals surface area contributed by atoms with Gasteiger partial charge >= 0.3 is 0 Å². The molecule has 6 heteroatoms. The van der Waals surface area contributed by atoms with E-state index in [9.17, 15) is 4.39 Å². The van der Waals surface area contributed by atoms with E-state index in [-0.39, 0.29) is 11.9 Å². The molecule has 0 saturated heterocycles. The van der Waals surface area contributed by atoms with E-state index in [1.165, 1.54) is 6.07 Å². The molecular weight excluding hydrogens is 257 g/mol. The Morgan fingerprint density at radius 3 is 2.90 bits per heavy atom. The van der Waals surface area contributed by atoms with Crippen molar-refractivity contribution >= 4 is 17.0 Å². The van der Waals surface area contributed by atoms with Crippen LogP contribution in [-0.4, -0.2) is 19.3 Å². The number of fused-ring (bicyclic) bond motifs is 1. The van der Waals surface area contributed by atoms with Crippen molar-refractivity contribution in [3.63, 3.8) is 0 Å². The molecule has 3 rings (SSSR count). The van der Waals surface area contributed by atoms with Gasteiger partial charge in [-0.25, -0.2) is 9.37 Å². The zero-order valence-electron chi connectivity index (χ0n) is 11.4. The van der Waals surface area contributed by atoms with Crippen molar-refractivity contribution in [1.29, 1.82) is 0 Å². The molecule has 20 heavy (non-hydrogen) atoms. The minimum Gasteiger partial charge on any atom is -0.369 e. The van der Waals surface area contributed by atoms with E-state index in [0.717, 1.165) is 5.52 Å². The number of benzene rings is 1. The third kappa shape index (κ3) is 2.03. The van der Waals surface area contributed by atoms with Crippen LogP contribution in [0.3, 0.4) is 0 Å². The van der Waals surface area contributed by atoms with Crippen molar-refractivity contribution in [2.24, 2.45) is 0 Å². The molecule has 0 saturated carbocycles. The first-order chi connectivity index (χ1) is 9.56. The number of hydrogen-bond donors (Lipinski definition) is 1. The molecule has 0 spiro atoms. The molecule has 2 N–H and O–H groups in total. The molecule has 1 unspecified atom stereocenters. The number of hydrogen-bond acceptors (Lipinski definition) is 3. The van der Waals surface area contributed by atoms with Crippen molar-refractivity contribution in [2.45, 2.75) is 26.4 Å². The minimum absolute atomic E-state index is 0.0739. The fraction of sp³-hybridized carbons (Fsp3) is 0.286. The first-order valence-electron chi connectivity index (χ1n) is 6.47. The van der Waals surface area contributed by atoms with Crippen LogP contribution in [0, 0.1) is 12.7 Å². The van der Waals surface area contributed by atoms with Crippen LogP contribution in [-0.2, 0) is 6.54 Å². The second-order valence-corrected chi connectivity index (χ2v) is 5.01. The smallest absolute Gasteiger partial charge is 0.201 e. The van der Waals surface area contributed by atoms with Gasteiger partial charge in [0.15, 0.2) is 0 Å². The highest BCUT2D eigenvalue weighted by Crippen LogP contribution is 2.25. The molecule has 2 aromatic heterocycles. The topological polar surface area (TPSA) is 61.7 Å². The lowest BCUT2D eigenvalue weighted by Gasteiger charge is -2.16. The van der Waals surface area contributed by atoms with Gasteiger partial charge in [0.25, 0.3) is 0 Å². The van der Waals surface area contributed by atoms with Gasteiger partial charge in [0, 0.05) is 18.5 Å². The number of halogens is 1. The summed E-state index contributed by atoms with van der Waals surface area (Å²) in [7, 11) is 0. The molecule has 104 valence electrons. The Bertz CT molecular complexity index is 745. The van der Waals surface area contributed by atoms with Gasteiger partial charge in [-0.1, -0.05) is 0 Å². The van der Waals surface area contributed by atoms with Gasteiger partial charge in [-0.2, -0.15) is 5.10 Å². The van der Waals surface area contributed by atoms with Crippen LogP contribution in [0.15, 0.2) is 30.6 Å². The van der Waals surface area contributed by atoms with Crippen LogP contribution in [0.4, 0.5) is 10.3 Å². The molecular formula is C14H16FN5. The second kappa shape index (κ2) is 4.63. The quantitative estimate of drug-likeness (QED) is 0.797. The Morgan fingerprint density at radius 2 is 2.20 bits per heavy atom. The summed E-state index contributed by atoms with van der Waals surface area (Å²) in [6.45, 7) is 4.46. The van der Waals surface area contributed by atoms with Crippen LogP contribution >= 0.6 is 0 Å². The Hall–Kier alpha value is -2.37. The van der Waals surface area contributed by atoms with Crippen molar-refractivity contribution in [1.82, 2.24) is 19.3 Å². The van der Waals surface area contributed by atoms with Crippen molar-refractivity contribution in [3.8, 4) is 0 Å². The Balaban J connectivity index is 2.06. The number of aryl methyl sites for hydroxylation is 1. The molecule has 1 atom stereocenters. The first-order valence-corrected chi connectivity index (χ1v) is 6.47. The van der Waals surface area contributed by atoms with Gasteiger partial charge in [0.2, 0.25) is 5.95 Å². The Morgan fingerprint density at radius 1 is 1.40 bits per heavy atom. The standard InChI is InChI=1S/C14H16FN5/c1-9-6-13-12(7-11(9)15)18-14(16)20(13)10(2)8-19-5-3-4-17-19/h3-7,10H,8H2,1-2H3,(H2,16,18). The van der Waals surface area contributed by atoms with E-state index in [1.807, 2.05) is 28.4 Å². The van der Waals surface area contributed by atoms with Crippen molar-refractivity contribution < 1.29 is 4.39 Å². The number of imidazole rings is 1. The van der Waals surface area contributed by atoms with Crippen LogP contribution < -0.4 is 5.73 Å². The molecule has 1 aromatic carbocycles. The van der Waals surface area contributed by atoms with E-state index < -0.39 is 0 Å².